The van der Waals surface area contributed by atoms with Crippen LogP contribution in [-0.2, 0) is 17.6 Å². The van der Waals surface area contributed by atoms with Crippen LogP contribution in [0.4, 0.5) is 4.39 Å². The second-order valence-corrected chi connectivity index (χ2v) is 5.31. The predicted octanol–water partition coefficient (Wildman–Crippen LogP) is 4.53. The zero-order valence-electron chi connectivity index (χ0n) is 11.3. The van der Waals surface area contributed by atoms with Gasteiger partial charge in [-0.15, -0.1) is 0 Å². The van der Waals surface area contributed by atoms with Crippen LogP contribution in [0.1, 0.15) is 23.1 Å². The molecule has 3 heteroatoms. The fourth-order valence-electron chi connectivity index (χ4n) is 2.14. The summed E-state index contributed by atoms with van der Waals surface area (Å²) >= 11 is 5.92. The van der Waals surface area contributed by atoms with Gasteiger partial charge < -0.3 is 0 Å². The molecule has 0 N–H and O–H groups in total. The number of aryl methyl sites for hydroxylation is 2. The van der Waals surface area contributed by atoms with Gasteiger partial charge in [0.2, 0.25) is 0 Å². The van der Waals surface area contributed by atoms with Crippen LogP contribution in [0.5, 0.6) is 0 Å². The second kappa shape index (κ2) is 6.67. The molecule has 2 aromatic carbocycles. The number of benzene rings is 2. The summed E-state index contributed by atoms with van der Waals surface area (Å²) in [6.45, 7) is 2.02. The average molecular weight is 291 g/mol. The quantitative estimate of drug-likeness (QED) is 0.790. The van der Waals surface area contributed by atoms with Crippen molar-refractivity contribution >= 4 is 17.4 Å². The largest absolute Gasteiger partial charge is 0.299 e. The van der Waals surface area contributed by atoms with Crippen molar-refractivity contribution in [2.24, 2.45) is 0 Å². The topological polar surface area (TPSA) is 17.1 Å². The maximum absolute atomic E-state index is 13.6. The summed E-state index contributed by atoms with van der Waals surface area (Å²) in [7, 11) is 0. The number of carbonyl (C=O) groups excluding carboxylic acids is 1. The summed E-state index contributed by atoms with van der Waals surface area (Å²) in [6, 6.07) is 12.5. The molecule has 0 heterocycles. The van der Waals surface area contributed by atoms with Crippen LogP contribution in [-0.4, -0.2) is 5.78 Å². The van der Waals surface area contributed by atoms with Crippen LogP contribution in [0.2, 0.25) is 5.02 Å². The number of ketones is 1. The minimum absolute atomic E-state index is 0.00138. The lowest BCUT2D eigenvalue weighted by molar-refractivity contribution is -0.118. The zero-order valence-corrected chi connectivity index (χ0v) is 12.1. The lowest BCUT2D eigenvalue weighted by Gasteiger charge is -2.06. The first-order valence-electron chi connectivity index (χ1n) is 6.56. The van der Waals surface area contributed by atoms with E-state index < -0.39 is 5.82 Å². The van der Waals surface area contributed by atoms with Gasteiger partial charge in [0.15, 0.2) is 0 Å². The van der Waals surface area contributed by atoms with Crippen molar-refractivity contribution < 1.29 is 9.18 Å². The van der Waals surface area contributed by atoms with E-state index in [0.29, 0.717) is 23.4 Å². The Balaban J connectivity index is 1.96. The second-order valence-electron chi connectivity index (χ2n) is 4.90. The number of Topliss-reactive ketones (excluding diaryl/α,β-unsaturated/α-hetero) is 1. The van der Waals surface area contributed by atoms with E-state index in [4.69, 9.17) is 11.6 Å². The standard InChI is InChI=1S/C17H16ClFO/c1-12-4-2-5-13(10-12)8-9-14(20)11-15-16(18)6-3-7-17(15)19/h2-7,10H,8-9,11H2,1H3. The molecule has 104 valence electrons. The summed E-state index contributed by atoms with van der Waals surface area (Å²) < 4.78 is 13.6. The molecule has 2 rings (SSSR count). The maximum Gasteiger partial charge on any atom is 0.137 e. The van der Waals surface area contributed by atoms with E-state index in [0.717, 1.165) is 5.56 Å². The van der Waals surface area contributed by atoms with Gasteiger partial charge in [-0.1, -0.05) is 47.5 Å². The van der Waals surface area contributed by atoms with E-state index in [1.54, 1.807) is 12.1 Å². The third-order valence-corrected chi connectivity index (χ3v) is 3.56. The van der Waals surface area contributed by atoms with Gasteiger partial charge >= 0.3 is 0 Å². The van der Waals surface area contributed by atoms with Crippen LogP contribution in [0.25, 0.3) is 0 Å². The molecule has 0 aliphatic rings. The van der Waals surface area contributed by atoms with Crippen LogP contribution >= 0.6 is 11.6 Å². The smallest absolute Gasteiger partial charge is 0.137 e. The molecule has 0 amide bonds. The fraction of sp³-hybridized carbons (Fsp3) is 0.235. The van der Waals surface area contributed by atoms with Gasteiger partial charge in [0.1, 0.15) is 11.6 Å². The molecule has 0 radical (unpaired) electrons. The highest BCUT2D eigenvalue weighted by molar-refractivity contribution is 6.31. The van der Waals surface area contributed by atoms with Gasteiger partial charge in [-0.2, -0.15) is 0 Å². The van der Waals surface area contributed by atoms with Gasteiger partial charge in [-0.25, -0.2) is 4.39 Å². The Hall–Kier alpha value is -1.67. The molecule has 2 aromatic rings. The number of hydrogen-bond donors (Lipinski definition) is 0. The Morgan fingerprint density at radius 2 is 1.95 bits per heavy atom. The van der Waals surface area contributed by atoms with Crippen molar-refractivity contribution in [1.82, 2.24) is 0 Å². The molecule has 0 aliphatic carbocycles. The van der Waals surface area contributed by atoms with Gasteiger partial charge in [-0.05, 0) is 31.0 Å². The predicted molar refractivity (Wildman–Crippen MR) is 79.6 cm³/mol. The van der Waals surface area contributed by atoms with Gasteiger partial charge in [-0.3, -0.25) is 4.79 Å². The molecule has 0 fully saturated rings. The van der Waals surface area contributed by atoms with Crippen LogP contribution in [0.3, 0.4) is 0 Å². The molecule has 0 aromatic heterocycles. The molecular weight excluding hydrogens is 275 g/mol. The van der Waals surface area contributed by atoms with Crippen molar-refractivity contribution in [3.8, 4) is 0 Å². The summed E-state index contributed by atoms with van der Waals surface area (Å²) in [4.78, 5) is 11.9. The lowest BCUT2D eigenvalue weighted by atomic mass is 10.0. The Kier molecular flexibility index (Phi) is 4.91. The average Bonchev–Trinajstić information content (AvgIpc) is 2.41. The highest BCUT2D eigenvalue weighted by Crippen LogP contribution is 2.20. The van der Waals surface area contributed by atoms with Gasteiger partial charge in [0, 0.05) is 23.4 Å². The highest BCUT2D eigenvalue weighted by atomic mass is 35.5. The number of rotatable bonds is 5. The summed E-state index contributed by atoms with van der Waals surface area (Å²) in [5, 5.41) is 0.314. The third kappa shape index (κ3) is 3.91. The first-order chi connectivity index (χ1) is 9.56. The molecule has 20 heavy (non-hydrogen) atoms. The van der Waals surface area contributed by atoms with Crippen molar-refractivity contribution in [2.75, 3.05) is 0 Å². The van der Waals surface area contributed by atoms with Crippen LogP contribution < -0.4 is 0 Å². The normalized spacial score (nSPS) is 10.6. The minimum Gasteiger partial charge on any atom is -0.299 e. The van der Waals surface area contributed by atoms with Crippen LogP contribution in [0.15, 0.2) is 42.5 Å². The summed E-state index contributed by atoms with van der Waals surface area (Å²) in [6.07, 6.45) is 1.12. The monoisotopic (exact) mass is 290 g/mol. The van der Waals surface area contributed by atoms with Gasteiger partial charge in [0.05, 0.1) is 0 Å². The third-order valence-electron chi connectivity index (χ3n) is 3.21. The lowest BCUT2D eigenvalue weighted by Crippen LogP contribution is -2.06. The van der Waals surface area contributed by atoms with E-state index in [9.17, 15) is 9.18 Å². The van der Waals surface area contributed by atoms with E-state index in [-0.39, 0.29) is 12.2 Å². The maximum atomic E-state index is 13.6. The summed E-state index contributed by atoms with van der Waals surface area (Å²) in [5.41, 5.74) is 2.59. The first-order valence-corrected chi connectivity index (χ1v) is 6.94. The summed E-state index contributed by atoms with van der Waals surface area (Å²) in [5.74, 6) is -0.417. The van der Waals surface area contributed by atoms with Crippen LogP contribution in [0, 0.1) is 12.7 Å². The molecule has 1 nitrogen and oxygen atoms in total. The Bertz CT molecular complexity index is 602. The molecule has 0 saturated heterocycles. The Labute approximate surface area is 123 Å². The highest BCUT2D eigenvalue weighted by Gasteiger charge is 2.11. The fourth-order valence-corrected chi connectivity index (χ4v) is 2.37. The van der Waals surface area contributed by atoms with Crippen molar-refractivity contribution in [2.45, 2.75) is 26.2 Å². The van der Waals surface area contributed by atoms with Gasteiger partial charge in [0.25, 0.3) is 0 Å². The Morgan fingerprint density at radius 1 is 1.20 bits per heavy atom. The number of halogens is 2. The molecule has 0 spiro atoms. The number of hydrogen-bond acceptors (Lipinski definition) is 1. The molecule has 0 saturated carbocycles. The molecule has 0 atom stereocenters. The zero-order chi connectivity index (χ0) is 14.5. The molecule has 0 aliphatic heterocycles. The van der Waals surface area contributed by atoms with E-state index >= 15 is 0 Å². The van der Waals surface area contributed by atoms with Crippen molar-refractivity contribution in [3.63, 3.8) is 0 Å². The molecular formula is C17H16ClFO. The van der Waals surface area contributed by atoms with E-state index in [2.05, 4.69) is 6.07 Å². The van der Waals surface area contributed by atoms with Crippen molar-refractivity contribution in [3.05, 3.63) is 70.0 Å². The van der Waals surface area contributed by atoms with E-state index in [1.807, 2.05) is 25.1 Å². The van der Waals surface area contributed by atoms with E-state index in [1.165, 1.54) is 11.6 Å². The Morgan fingerprint density at radius 3 is 2.65 bits per heavy atom. The molecule has 0 unspecified atom stereocenters. The SMILES string of the molecule is Cc1cccc(CCC(=O)Cc2c(F)cccc2Cl)c1. The number of carbonyl (C=O) groups is 1. The first kappa shape index (κ1) is 14.7. The van der Waals surface area contributed by atoms with Crippen molar-refractivity contribution in [1.29, 1.82) is 0 Å². The minimum atomic E-state index is -0.415. The molecule has 0 bridgehead atoms.